The Bertz CT molecular complexity index is 518. The standard InChI is InChI=1S/C13H12BrNOS/c1-9-2-4-10(5-3-9)15-8-11(16)12-6-7-13(14)17-12/h2-7,15H,8H2,1H3. The van der Waals surface area contributed by atoms with Crippen LogP contribution in [0, 0.1) is 6.92 Å². The van der Waals surface area contributed by atoms with E-state index in [1.807, 2.05) is 43.3 Å². The highest BCUT2D eigenvalue weighted by Gasteiger charge is 2.07. The summed E-state index contributed by atoms with van der Waals surface area (Å²) in [6, 6.07) is 11.7. The van der Waals surface area contributed by atoms with Crippen LogP contribution in [-0.4, -0.2) is 12.3 Å². The third kappa shape index (κ3) is 3.41. The molecule has 0 unspecified atom stereocenters. The Hall–Kier alpha value is -1.13. The minimum atomic E-state index is 0.112. The van der Waals surface area contributed by atoms with E-state index in [1.165, 1.54) is 16.9 Å². The van der Waals surface area contributed by atoms with Gasteiger partial charge in [-0.05, 0) is 47.1 Å². The predicted molar refractivity (Wildman–Crippen MR) is 76.0 cm³/mol. The zero-order chi connectivity index (χ0) is 12.3. The summed E-state index contributed by atoms with van der Waals surface area (Å²) in [5, 5.41) is 3.12. The molecule has 1 heterocycles. The molecule has 0 aliphatic heterocycles. The zero-order valence-corrected chi connectivity index (χ0v) is 11.8. The molecule has 0 saturated carbocycles. The van der Waals surface area contributed by atoms with Crippen molar-refractivity contribution >= 4 is 38.7 Å². The fourth-order valence-corrected chi connectivity index (χ4v) is 2.73. The van der Waals surface area contributed by atoms with Crippen LogP contribution in [0.3, 0.4) is 0 Å². The molecule has 2 aromatic rings. The number of ketones is 1. The predicted octanol–water partition coefficient (Wildman–Crippen LogP) is 4.11. The molecule has 0 aliphatic rings. The summed E-state index contributed by atoms with van der Waals surface area (Å²) in [5.41, 5.74) is 2.18. The molecule has 4 heteroatoms. The number of Topliss-reactive ketones (excluding diaryl/α,β-unsaturated/α-hetero) is 1. The maximum absolute atomic E-state index is 11.8. The van der Waals surface area contributed by atoms with Crippen molar-refractivity contribution in [2.24, 2.45) is 0 Å². The number of anilines is 1. The number of nitrogens with one attached hydrogen (secondary N) is 1. The highest BCUT2D eigenvalue weighted by molar-refractivity contribution is 9.11. The smallest absolute Gasteiger partial charge is 0.191 e. The van der Waals surface area contributed by atoms with Gasteiger partial charge in [-0.15, -0.1) is 11.3 Å². The molecule has 0 atom stereocenters. The average molecular weight is 310 g/mol. The minimum Gasteiger partial charge on any atom is -0.378 e. The lowest BCUT2D eigenvalue weighted by Crippen LogP contribution is -2.12. The number of halogens is 1. The fraction of sp³-hybridized carbons (Fsp3) is 0.154. The van der Waals surface area contributed by atoms with Crippen LogP contribution in [0.5, 0.6) is 0 Å². The average Bonchev–Trinajstić information content (AvgIpc) is 2.75. The lowest BCUT2D eigenvalue weighted by molar-refractivity contribution is 0.101. The molecule has 1 aromatic heterocycles. The molecule has 2 nitrogen and oxygen atoms in total. The number of hydrogen-bond acceptors (Lipinski definition) is 3. The van der Waals surface area contributed by atoms with Gasteiger partial charge in [0.2, 0.25) is 0 Å². The van der Waals surface area contributed by atoms with Gasteiger partial charge in [0.15, 0.2) is 5.78 Å². The number of hydrogen-bond donors (Lipinski definition) is 1. The van der Waals surface area contributed by atoms with Crippen molar-refractivity contribution < 1.29 is 4.79 Å². The highest BCUT2D eigenvalue weighted by atomic mass is 79.9. The lowest BCUT2D eigenvalue weighted by atomic mass is 10.2. The molecule has 1 aromatic carbocycles. The molecule has 2 rings (SSSR count). The number of aryl methyl sites for hydroxylation is 1. The van der Waals surface area contributed by atoms with Crippen molar-refractivity contribution in [1.82, 2.24) is 0 Å². The Kier molecular flexibility index (Phi) is 3.97. The quantitative estimate of drug-likeness (QED) is 0.861. The van der Waals surface area contributed by atoms with Gasteiger partial charge in [0.25, 0.3) is 0 Å². The fourth-order valence-electron chi connectivity index (χ4n) is 1.41. The molecular weight excluding hydrogens is 298 g/mol. The van der Waals surface area contributed by atoms with E-state index < -0.39 is 0 Å². The lowest BCUT2D eigenvalue weighted by Gasteiger charge is -2.04. The highest BCUT2D eigenvalue weighted by Crippen LogP contribution is 2.22. The molecular formula is C13H12BrNOS. The van der Waals surface area contributed by atoms with Gasteiger partial charge in [-0.1, -0.05) is 17.7 Å². The van der Waals surface area contributed by atoms with Gasteiger partial charge in [0, 0.05) is 5.69 Å². The van der Waals surface area contributed by atoms with Crippen LogP contribution in [0.2, 0.25) is 0 Å². The van der Waals surface area contributed by atoms with Crippen LogP contribution >= 0.6 is 27.3 Å². The largest absolute Gasteiger partial charge is 0.378 e. The molecule has 0 fully saturated rings. The number of benzene rings is 1. The Labute approximate surface area is 113 Å². The summed E-state index contributed by atoms with van der Waals surface area (Å²) in [6.07, 6.45) is 0. The Morgan fingerprint density at radius 2 is 1.94 bits per heavy atom. The van der Waals surface area contributed by atoms with E-state index in [-0.39, 0.29) is 5.78 Å². The minimum absolute atomic E-state index is 0.112. The van der Waals surface area contributed by atoms with Gasteiger partial charge < -0.3 is 5.32 Å². The van der Waals surface area contributed by atoms with Crippen LogP contribution in [-0.2, 0) is 0 Å². The second kappa shape index (κ2) is 5.47. The first-order valence-corrected chi connectivity index (χ1v) is 6.85. The van der Waals surface area contributed by atoms with Gasteiger partial charge in [0.05, 0.1) is 15.2 Å². The van der Waals surface area contributed by atoms with E-state index in [0.29, 0.717) is 6.54 Å². The van der Waals surface area contributed by atoms with Crippen molar-refractivity contribution in [2.75, 3.05) is 11.9 Å². The Morgan fingerprint density at radius 1 is 1.24 bits per heavy atom. The monoisotopic (exact) mass is 309 g/mol. The molecule has 0 bridgehead atoms. The summed E-state index contributed by atoms with van der Waals surface area (Å²) in [5.74, 6) is 0.112. The molecule has 0 saturated heterocycles. The molecule has 1 N–H and O–H groups in total. The Balaban J connectivity index is 1.94. The van der Waals surface area contributed by atoms with Crippen LogP contribution < -0.4 is 5.32 Å². The van der Waals surface area contributed by atoms with E-state index in [9.17, 15) is 4.79 Å². The van der Waals surface area contributed by atoms with Crippen molar-refractivity contribution in [2.45, 2.75) is 6.92 Å². The summed E-state index contributed by atoms with van der Waals surface area (Å²) in [7, 11) is 0. The van der Waals surface area contributed by atoms with E-state index >= 15 is 0 Å². The maximum Gasteiger partial charge on any atom is 0.191 e. The topological polar surface area (TPSA) is 29.1 Å². The first-order chi connectivity index (χ1) is 8.15. The maximum atomic E-state index is 11.8. The molecule has 17 heavy (non-hydrogen) atoms. The third-order valence-electron chi connectivity index (χ3n) is 2.35. The van der Waals surface area contributed by atoms with E-state index in [1.54, 1.807) is 0 Å². The first-order valence-electron chi connectivity index (χ1n) is 5.24. The van der Waals surface area contributed by atoms with Crippen LogP contribution in [0.15, 0.2) is 40.2 Å². The second-order valence-corrected chi connectivity index (χ2v) is 6.21. The van der Waals surface area contributed by atoms with Gasteiger partial charge in [0.1, 0.15) is 0 Å². The molecule has 88 valence electrons. The summed E-state index contributed by atoms with van der Waals surface area (Å²) < 4.78 is 0.983. The summed E-state index contributed by atoms with van der Waals surface area (Å²) in [6.45, 7) is 2.37. The van der Waals surface area contributed by atoms with Gasteiger partial charge >= 0.3 is 0 Å². The molecule has 0 amide bonds. The van der Waals surface area contributed by atoms with Crippen molar-refractivity contribution in [1.29, 1.82) is 0 Å². The van der Waals surface area contributed by atoms with Gasteiger partial charge in [-0.25, -0.2) is 0 Å². The summed E-state index contributed by atoms with van der Waals surface area (Å²) >= 11 is 4.81. The molecule has 0 aliphatic carbocycles. The van der Waals surface area contributed by atoms with E-state index in [4.69, 9.17) is 0 Å². The number of carbonyl (C=O) groups excluding carboxylic acids is 1. The number of thiophene rings is 1. The van der Waals surface area contributed by atoms with E-state index in [0.717, 1.165) is 14.4 Å². The summed E-state index contributed by atoms with van der Waals surface area (Å²) in [4.78, 5) is 12.6. The molecule has 0 radical (unpaired) electrons. The van der Waals surface area contributed by atoms with Crippen LogP contribution in [0.1, 0.15) is 15.2 Å². The first kappa shape index (κ1) is 12.3. The normalized spacial score (nSPS) is 10.2. The van der Waals surface area contributed by atoms with Crippen LogP contribution in [0.4, 0.5) is 5.69 Å². The molecule has 0 spiro atoms. The van der Waals surface area contributed by atoms with Gasteiger partial charge in [-0.3, -0.25) is 4.79 Å². The second-order valence-electron chi connectivity index (χ2n) is 3.75. The van der Waals surface area contributed by atoms with E-state index in [2.05, 4.69) is 21.2 Å². The SMILES string of the molecule is Cc1ccc(NCC(=O)c2ccc(Br)s2)cc1. The van der Waals surface area contributed by atoms with Crippen molar-refractivity contribution in [3.8, 4) is 0 Å². The van der Waals surface area contributed by atoms with Gasteiger partial charge in [-0.2, -0.15) is 0 Å². The number of rotatable bonds is 4. The zero-order valence-electron chi connectivity index (χ0n) is 9.37. The van der Waals surface area contributed by atoms with Crippen LogP contribution in [0.25, 0.3) is 0 Å². The number of carbonyl (C=O) groups is 1. The third-order valence-corrected chi connectivity index (χ3v) is 4.02. The van der Waals surface area contributed by atoms with Crippen molar-refractivity contribution in [3.05, 3.63) is 50.6 Å². The van der Waals surface area contributed by atoms with Crippen molar-refractivity contribution in [3.63, 3.8) is 0 Å². The Morgan fingerprint density at radius 3 is 2.53 bits per heavy atom.